The maximum absolute atomic E-state index is 14.4. The molecule has 0 aliphatic rings. The standard InChI is InChI=1S/C17H13F2N3O2/c1-20-17(13-5-4-12(18)7-15(13)24-2)14(19)9-22-16-6-3-11(10-23)8-21-16/h3-10H,1H2,2H3/b17-14+,22-9-. The first-order valence-corrected chi connectivity index (χ1v) is 6.74. The number of aromatic nitrogens is 1. The lowest BCUT2D eigenvalue weighted by Gasteiger charge is -2.08. The Bertz CT molecular complexity index is 815. The minimum Gasteiger partial charge on any atom is -0.496 e. The molecule has 0 bridgehead atoms. The van der Waals surface area contributed by atoms with Gasteiger partial charge in [0.05, 0.1) is 13.3 Å². The average molecular weight is 329 g/mol. The highest BCUT2D eigenvalue weighted by Gasteiger charge is 2.13. The number of carbonyl (C=O) groups is 1. The fraction of sp³-hybridized carbons (Fsp3) is 0.0588. The molecule has 2 aromatic rings. The smallest absolute Gasteiger partial charge is 0.167 e. The van der Waals surface area contributed by atoms with E-state index in [2.05, 4.69) is 21.7 Å². The summed E-state index contributed by atoms with van der Waals surface area (Å²) in [6.07, 6.45) is 2.87. The van der Waals surface area contributed by atoms with Crippen LogP contribution in [0, 0.1) is 5.82 Å². The third-order valence-corrected chi connectivity index (χ3v) is 3.02. The van der Waals surface area contributed by atoms with Crippen LogP contribution in [0.2, 0.25) is 0 Å². The van der Waals surface area contributed by atoms with Crippen LogP contribution in [-0.2, 0) is 0 Å². The fourth-order valence-electron chi connectivity index (χ4n) is 1.88. The van der Waals surface area contributed by atoms with E-state index in [0.29, 0.717) is 11.8 Å². The van der Waals surface area contributed by atoms with E-state index in [1.165, 1.54) is 31.5 Å². The second-order valence-electron chi connectivity index (χ2n) is 4.53. The van der Waals surface area contributed by atoms with Gasteiger partial charge in [-0.15, -0.1) is 0 Å². The highest BCUT2D eigenvalue weighted by atomic mass is 19.1. The van der Waals surface area contributed by atoms with Crippen molar-refractivity contribution in [2.75, 3.05) is 7.11 Å². The zero-order valence-corrected chi connectivity index (χ0v) is 12.7. The lowest BCUT2D eigenvalue weighted by molar-refractivity contribution is 0.112. The Morgan fingerprint density at radius 2 is 2.12 bits per heavy atom. The van der Waals surface area contributed by atoms with Crippen LogP contribution in [0.25, 0.3) is 5.70 Å². The average Bonchev–Trinajstić information content (AvgIpc) is 2.62. The zero-order chi connectivity index (χ0) is 17.5. The van der Waals surface area contributed by atoms with Gasteiger partial charge in [0.1, 0.15) is 17.3 Å². The minimum absolute atomic E-state index is 0.120. The van der Waals surface area contributed by atoms with E-state index >= 15 is 0 Å². The Morgan fingerprint density at radius 1 is 1.33 bits per heavy atom. The Labute approximate surface area is 137 Å². The van der Waals surface area contributed by atoms with Gasteiger partial charge in [0, 0.05) is 23.4 Å². The van der Waals surface area contributed by atoms with Crippen molar-refractivity contribution in [3.63, 3.8) is 0 Å². The summed E-state index contributed by atoms with van der Waals surface area (Å²) in [6, 6.07) is 6.58. The summed E-state index contributed by atoms with van der Waals surface area (Å²) in [5, 5.41) is 0. The molecule has 0 unspecified atom stereocenters. The second kappa shape index (κ2) is 7.87. The Balaban J connectivity index is 2.37. The van der Waals surface area contributed by atoms with Gasteiger partial charge in [-0.1, -0.05) is 0 Å². The van der Waals surface area contributed by atoms with Gasteiger partial charge in [0.15, 0.2) is 17.9 Å². The number of aliphatic imine (C=N–C) groups is 2. The Morgan fingerprint density at radius 3 is 2.71 bits per heavy atom. The molecule has 1 heterocycles. The molecule has 7 heteroatoms. The Hall–Kier alpha value is -3.22. The first kappa shape index (κ1) is 17.1. The lowest BCUT2D eigenvalue weighted by atomic mass is 10.1. The van der Waals surface area contributed by atoms with Crippen molar-refractivity contribution in [2.24, 2.45) is 9.98 Å². The molecule has 2 rings (SSSR count). The van der Waals surface area contributed by atoms with Crippen molar-refractivity contribution in [3.05, 3.63) is 59.3 Å². The number of nitrogens with zero attached hydrogens (tertiary/aromatic N) is 3. The van der Waals surface area contributed by atoms with Gasteiger partial charge in [0.25, 0.3) is 0 Å². The maximum atomic E-state index is 14.4. The van der Waals surface area contributed by atoms with Crippen LogP contribution in [0.15, 0.2) is 52.3 Å². The lowest BCUT2D eigenvalue weighted by Crippen LogP contribution is -1.94. The SMILES string of the molecule is C=N/C(=C(F)\C=N/c1ccc(C=O)cn1)c1ccc(F)cc1OC. The number of benzene rings is 1. The van der Waals surface area contributed by atoms with Crippen LogP contribution in [0.4, 0.5) is 14.6 Å². The third kappa shape index (κ3) is 3.95. The monoisotopic (exact) mass is 329 g/mol. The van der Waals surface area contributed by atoms with Gasteiger partial charge in [-0.2, -0.15) is 0 Å². The molecule has 24 heavy (non-hydrogen) atoms. The number of pyridine rings is 1. The summed E-state index contributed by atoms with van der Waals surface area (Å²) in [5.74, 6) is -0.983. The molecule has 122 valence electrons. The third-order valence-electron chi connectivity index (χ3n) is 3.02. The molecule has 0 radical (unpaired) electrons. The molecule has 0 atom stereocenters. The van der Waals surface area contributed by atoms with E-state index < -0.39 is 11.6 Å². The van der Waals surface area contributed by atoms with E-state index in [0.717, 1.165) is 18.3 Å². The van der Waals surface area contributed by atoms with Gasteiger partial charge in [-0.05, 0) is 31.0 Å². The van der Waals surface area contributed by atoms with Crippen LogP contribution in [0.5, 0.6) is 5.75 Å². The predicted molar refractivity (Wildman–Crippen MR) is 88.3 cm³/mol. The van der Waals surface area contributed by atoms with E-state index in [9.17, 15) is 13.6 Å². The molecular formula is C17H13F2N3O2. The van der Waals surface area contributed by atoms with Crippen LogP contribution in [-0.4, -0.2) is 31.3 Å². The van der Waals surface area contributed by atoms with Gasteiger partial charge in [-0.3, -0.25) is 9.79 Å². The number of allylic oxidation sites excluding steroid dienone is 1. The summed E-state index contributed by atoms with van der Waals surface area (Å²) >= 11 is 0. The molecule has 5 nitrogen and oxygen atoms in total. The van der Waals surface area contributed by atoms with Crippen molar-refractivity contribution in [1.82, 2.24) is 4.98 Å². The number of methoxy groups -OCH3 is 1. The molecule has 0 fully saturated rings. The summed E-state index contributed by atoms with van der Waals surface area (Å²) in [5.41, 5.74) is 0.483. The van der Waals surface area contributed by atoms with E-state index in [1.54, 1.807) is 0 Å². The van der Waals surface area contributed by atoms with Crippen molar-refractivity contribution in [3.8, 4) is 5.75 Å². The van der Waals surface area contributed by atoms with Crippen LogP contribution < -0.4 is 4.74 Å². The van der Waals surface area contributed by atoms with Crippen LogP contribution >= 0.6 is 0 Å². The predicted octanol–water partition coefficient (Wildman–Crippen LogP) is 3.78. The number of hydrogen-bond donors (Lipinski definition) is 0. The first-order chi connectivity index (χ1) is 11.6. The van der Waals surface area contributed by atoms with E-state index in [4.69, 9.17) is 4.74 Å². The number of ether oxygens (including phenoxy) is 1. The summed E-state index contributed by atoms with van der Waals surface area (Å²) < 4.78 is 32.6. The molecule has 1 aromatic heterocycles. The van der Waals surface area contributed by atoms with Gasteiger partial charge >= 0.3 is 0 Å². The number of carbonyl (C=O) groups excluding carboxylic acids is 1. The highest BCUT2D eigenvalue weighted by molar-refractivity contribution is 5.91. The number of hydrogen-bond acceptors (Lipinski definition) is 5. The Kier molecular flexibility index (Phi) is 5.62. The van der Waals surface area contributed by atoms with Crippen molar-refractivity contribution in [1.29, 1.82) is 0 Å². The van der Waals surface area contributed by atoms with Gasteiger partial charge in [0.2, 0.25) is 0 Å². The van der Waals surface area contributed by atoms with Gasteiger partial charge in [-0.25, -0.2) is 18.8 Å². The molecule has 0 saturated heterocycles. The number of rotatable bonds is 6. The molecular weight excluding hydrogens is 316 g/mol. The topological polar surface area (TPSA) is 63.9 Å². The largest absolute Gasteiger partial charge is 0.496 e. The summed E-state index contributed by atoms with van der Waals surface area (Å²) in [7, 11) is 1.34. The van der Waals surface area contributed by atoms with Crippen LogP contribution in [0.1, 0.15) is 15.9 Å². The van der Waals surface area contributed by atoms with Crippen molar-refractivity contribution < 1.29 is 18.3 Å². The molecule has 0 N–H and O–H groups in total. The van der Waals surface area contributed by atoms with Crippen LogP contribution in [0.3, 0.4) is 0 Å². The zero-order valence-electron chi connectivity index (χ0n) is 12.7. The van der Waals surface area contributed by atoms with E-state index in [1.807, 2.05) is 0 Å². The minimum atomic E-state index is -0.795. The molecule has 0 saturated carbocycles. The first-order valence-electron chi connectivity index (χ1n) is 6.74. The highest BCUT2D eigenvalue weighted by Crippen LogP contribution is 2.30. The number of aldehydes is 1. The van der Waals surface area contributed by atoms with Crippen molar-refractivity contribution in [2.45, 2.75) is 0 Å². The normalized spacial score (nSPS) is 12.0. The molecule has 0 aliphatic heterocycles. The molecule has 0 amide bonds. The van der Waals surface area contributed by atoms with Crippen molar-refractivity contribution >= 4 is 30.7 Å². The number of halogens is 2. The van der Waals surface area contributed by atoms with E-state index in [-0.39, 0.29) is 22.8 Å². The molecule has 1 aromatic carbocycles. The summed E-state index contributed by atoms with van der Waals surface area (Å²) in [6.45, 7) is 3.32. The molecule has 0 spiro atoms. The summed E-state index contributed by atoms with van der Waals surface area (Å²) in [4.78, 5) is 21.9. The fourth-order valence-corrected chi connectivity index (χ4v) is 1.88. The quantitative estimate of drug-likeness (QED) is 0.598. The van der Waals surface area contributed by atoms with Gasteiger partial charge < -0.3 is 4.74 Å². The second-order valence-corrected chi connectivity index (χ2v) is 4.53. The maximum Gasteiger partial charge on any atom is 0.167 e. The molecule has 0 aliphatic carbocycles.